The molecule has 0 radical (unpaired) electrons. The van der Waals surface area contributed by atoms with E-state index in [0.717, 1.165) is 11.8 Å². The molecule has 1 heterocycles. The zero-order chi connectivity index (χ0) is 16.8. The van der Waals surface area contributed by atoms with Gasteiger partial charge >= 0.3 is 0 Å². The summed E-state index contributed by atoms with van der Waals surface area (Å²) in [5, 5.41) is 1.36. The number of Topliss-reactive ketones (excluding diaryl/α,β-unsaturated/α-hetero) is 1. The van der Waals surface area contributed by atoms with Crippen molar-refractivity contribution in [1.82, 2.24) is 5.32 Å². The van der Waals surface area contributed by atoms with Crippen LogP contribution in [0, 0.1) is 0 Å². The van der Waals surface area contributed by atoms with Gasteiger partial charge in [0, 0.05) is 6.42 Å². The molecule has 0 bridgehead atoms. The number of carbonyl (C=O) groups excluding carboxylic acids is 3. The number of ketones is 1. The Morgan fingerprint density at radius 1 is 1.26 bits per heavy atom. The molecular formula is C16H19NO5S. The van der Waals surface area contributed by atoms with Crippen LogP contribution in [0.25, 0.3) is 0 Å². The molecular weight excluding hydrogens is 318 g/mol. The lowest BCUT2D eigenvalue weighted by atomic mass is 10.1. The van der Waals surface area contributed by atoms with Gasteiger partial charge in [0.15, 0.2) is 11.5 Å². The molecule has 23 heavy (non-hydrogen) atoms. The summed E-state index contributed by atoms with van der Waals surface area (Å²) in [5.74, 6) is 0.898. The molecule has 0 spiro atoms. The Bertz CT molecular complexity index is 616. The molecule has 1 fully saturated rings. The number of thioether (sulfide) groups is 1. The van der Waals surface area contributed by atoms with Crippen molar-refractivity contribution in [2.24, 2.45) is 0 Å². The number of carbonyl (C=O) groups is 3. The standard InChI is InChI=1S/C16H19NO5S/c1-3-21-13-9-11(14-15(19)17-16(20)23-14)6-7-12(13)22-8-4-5-10(2)18/h6-7,9,14H,3-5,8H2,1-2H3,(H,17,19,20). The summed E-state index contributed by atoms with van der Waals surface area (Å²) in [7, 11) is 0. The summed E-state index contributed by atoms with van der Waals surface area (Å²) in [4.78, 5) is 34.0. The van der Waals surface area contributed by atoms with Crippen LogP contribution in [0.5, 0.6) is 11.5 Å². The van der Waals surface area contributed by atoms with Crippen molar-refractivity contribution in [2.45, 2.75) is 31.9 Å². The summed E-state index contributed by atoms with van der Waals surface area (Å²) < 4.78 is 11.2. The van der Waals surface area contributed by atoms with E-state index in [9.17, 15) is 14.4 Å². The van der Waals surface area contributed by atoms with Gasteiger partial charge in [-0.05, 0) is 49.7 Å². The van der Waals surface area contributed by atoms with Crippen molar-refractivity contribution >= 4 is 28.7 Å². The summed E-state index contributed by atoms with van der Waals surface area (Å²) in [5.41, 5.74) is 0.692. The molecule has 124 valence electrons. The topological polar surface area (TPSA) is 81.7 Å². The van der Waals surface area contributed by atoms with Crippen molar-refractivity contribution in [3.8, 4) is 11.5 Å². The average molecular weight is 337 g/mol. The van der Waals surface area contributed by atoms with Crippen molar-refractivity contribution < 1.29 is 23.9 Å². The fourth-order valence-corrected chi connectivity index (χ4v) is 2.98. The molecule has 1 aromatic rings. The number of amides is 2. The lowest BCUT2D eigenvalue weighted by Crippen LogP contribution is -2.20. The summed E-state index contributed by atoms with van der Waals surface area (Å²) in [6.45, 7) is 4.27. The maximum Gasteiger partial charge on any atom is 0.286 e. The Morgan fingerprint density at radius 3 is 2.65 bits per heavy atom. The predicted molar refractivity (Wildman–Crippen MR) is 86.9 cm³/mol. The van der Waals surface area contributed by atoms with Crippen LogP contribution in [0.4, 0.5) is 4.79 Å². The maximum absolute atomic E-state index is 11.8. The number of hydrogen-bond acceptors (Lipinski definition) is 6. The average Bonchev–Trinajstić information content (AvgIpc) is 2.83. The summed E-state index contributed by atoms with van der Waals surface area (Å²) in [6, 6.07) is 5.20. The maximum atomic E-state index is 11.8. The number of nitrogens with one attached hydrogen (secondary N) is 1. The minimum absolute atomic E-state index is 0.128. The van der Waals surface area contributed by atoms with E-state index < -0.39 is 5.25 Å². The van der Waals surface area contributed by atoms with E-state index in [1.807, 2.05) is 6.92 Å². The highest BCUT2D eigenvalue weighted by molar-refractivity contribution is 8.15. The Kier molecular flexibility index (Phi) is 6.04. The molecule has 2 amide bonds. The molecule has 1 saturated heterocycles. The molecule has 0 aliphatic carbocycles. The fraction of sp³-hybridized carbons (Fsp3) is 0.438. The molecule has 1 atom stereocenters. The van der Waals surface area contributed by atoms with Gasteiger partial charge in [0.2, 0.25) is 5.91 Å². The molecule has 1 aromatic carbocycles. The van der Waals surface area contributed by atoms with Crippen molar-refractivity contribution in [3.05, 3.63) is 23.8 Å². The highest BCUT2D eigenvalue weighted by Crippen LogP contribution is 2.38. The first-order chi connectivity index (χ1) is 11.0. The molecule has 0 aromatic heterocycles. The van der Waals surface area contributed by atoms with E-state index in [1.54, 1.807) is 25.1 Å². The number of hydrogen-bond donors (Lipinski definition) is 1. The van der Waals surface area contributed by atoms with Crippen LogP contribution in [0.1, 0.15) is 37.5 Å². The van der Waals surface area contributed by atoms with E-state index in [4.69, 9.17) is 9.47 Å². The van der Waals surface area contributed by atoms with Crippen molar-refractivity contribution in [3.63, 3.8) is 0 Å². The van der Waals surface area contributed by atoms with Crippen LogP contribution in [-0.4, -0.2) is 30.1 Å². The second-order valence-corrected chi connectivity index (χ2v) is 6.15. The van der Waals surface area contributed by atoms with Gasteiger partial charge in [0.05, 0.1) is 13.2 Å². The molecule has 1 unspecified atom stereocenters. The van der Waals surface area contributed by atoms with Crippen LogP contribution in [0.2, 0.25) is 0 Å². The second-order valence-electron chi connectivity index (χ2n) is 5.07. The molecule has 0 saturated carbocycles. The second kappa shape index (κ2) is 8.01. The lowest BCUT2D eigenvalue weighted by Gasteiger charge is -2.14. The minimum atomic E-state index is -0.562. The zero-order valence-corrected chi connectivity index (χ0v) is 13.9. The highest BCUT2D eigenvalue weighted by atomic mass is 32.2. The normalized spacial score (nSPS) is 17.0. The van der Waals surface area contributed by atoms with Gasteiger partial charge in [0.25, 0.3) is 5.24 Å². The Hall–Kier alpha value is -2.02. The van der Waals surface area contributed by atoms with Gasteiger partial charge < -0.3 is 14.3 Å². The van der Waals surface area contributed by atoms with Gasteiger partial charge in [-0.2, -0.15) is 0 Å². The van der Waals surface area contributed by atoms with Crippen LogP contribution >= 0.6 is 11.8 Å². The lowest BCUT2D eigenvalue weighted by molar-refractivity contribution is -0.119. The molecule has 6 nitrogen and oxygen atoms in total. The van der Waals surface area contributed by atoms with Gasteiger partial charge in [-0.15, -0.1) is 0 Å². The van der Waals surface area contributed by atoms with E-state index in [0.29, 0.717) is 43.1 Å². The first-order valence-corrected chi connectivity index (χ1v) is 8.29. The Labute approximate surface area is 138 Å². The number of rotatable bonds is 8. The van der Waals surface area contributed by atoms with Crippen LogP contribution in [0.15, 0.2) is 18.2 Å². The predicted octanol–water partition coefficient (Wildman–Crippen LogP) is 2.86. The van der Waals surface area contributed by atoms with E-state index >= 15 is 0 Å². The smallest absolute Gasteiger partial charge is 0.286 e. The summed E-state index contributed by atoms with van der Waals surface area (Å²) >= 11 is 0.951. The third-order valence-electron chi connectivity index (χ3n) is 3.19. The van der Waals surface area contributed by atoms with E-state index in [2.05, 4.69) is 5.32 Å². The van der Waals surface area contributed by atoms with Gasteiger partial charge in [-0.3, -0.25) is 14.9 Å². The first kappa shape index (κ1) is 17.3. The van der Waals surface area contributed by atoms with Gasteiger partial charge in [-0.25, -0.2) is 0 Å². The third-order valence-corrected chi connectivity index (χ3v) is 4.23. The van der Waals surface area contributed by atoms with Gasteiger partial charge in [-0.1, -0.05) is 6.07 Å². The van der Waals surface area contributed by atoms with Crippen molar-refractivity contribution in [2.75, 3.05) is 13.2 Å². The quantitative estimate of drug-likeness (QED) is 0.735. The monoisotopic (exact) mass is 337 g/mol. The Morgan fingerprint density at radius 2 is 2.04 bits per heavy atom. The van der Waals surface area contributed by atoms with Gasteiger partial charge in [0.1, 0.15) is 11.0 Å². The fourth-order valence-electron chi connectivity index (χ4n) is 2.15. The highest BCUT2D eigenvalue weighted by Gasteiger charge is 2.33. The SMILES string of the molecule is CCOc1cc(C2SC(=O)NC2=O)ccc1OCCCC(C)=O. The van der Waals surface area contributed by atoms with E-state index in [-0.39, 0.29) is 16.9 Å². The Balaban J connectivity index is 2.09. The summed E-state index contributed by atoms with van der Waals surface area (Å²) in [6.07, 6.45) is 1.11. The number of benzene rings is 1. The first-order valence-electron chi connectivity index (χ1n) is 7.41. The molecule has 7 heteroatoms. The van der Waals surface area contributed by atoms with Crippen LogP contribution in [-0.2, 0) is 9.59 Å². The number of ether oxygens (including phenoxy) is 2. The zero-order valence-electron chi connectivity index (χ0n) is 13.1. The largest absolute Gasteiger partial charge is 0.490 e. The molecule has 1 aliphatic heterocycles. The molecule has 1 aliphatic rings. The number of imide groups is 1. The third kappa shape index (κ3) is 4.72. The van der Waals surface area contributed by atoms with Crippen LogP contribution < -0.4 is 14.8 Å². The van der Waals surface area contributed by atoms with Crippen LogP contribution in [0.3, 0.4) is 0 Å². The molecule has 1 N–H and O–H groups in total. The molecule has 2 rings (SSSR count). The van der Waals surface area contributed by atoms with E-state index in [1.165, 1.54) is 0 Å². The minimum Gasteiger partial charge on any atom is -0.490 e. The van der Waals surface area contributed by atoms with Crippen molar-refractivity contribution in [1.29, 1.82) is 0 Å².